The van der Waals surface area contributed by atoms with Crippen LogP contribution < -0.4 is 5.32 Å². The molecule has 5 heteroatoms. The highest BCUT2D eigenvalue weighted by atomic mass is 16.5. The van der Waals surface area contributed by atoms with E-state index in [9.17, 15) is 9.59 Å². The average molecular weight is 378 g/mol. The molecule has 28 heavy (non-hydrogen) atoms. The maximum Gasteiger partial charge on any atom is 0.311 e. The lowest BCUT2D eigenvalue weighted by Gasteiger charge is -2.19. The topological polar surface area (TPSA) is 71.2 Å². The molecule has 0 radical (unpaired) electrons. The Kier molecular flexibility index (Phi) is 5.83. The number of carbonyl (C=O) groups is 2. The highest BCUT2D eigenvalue weighted by Gasteiger charge is 2.21. The molecule has 1 atom stereocenters. The highest BCUT2D eigenvalue weighted by molar-refractivity contribution is 5.97. The van der Waals surface area contributed by atoms with Crippen LogP contribution in [0.2, 0.25) is 0 Å². The first-order chi connectivity index (χ1) is 13.4. The number of hydrogen-bond donors (Lipinski definition) is 2. The lowest BCUT2D eigenvalue weighted by molar-refractivity contribution is -0.152. The number of H-pyrrole nitrogens is 1. The van der Waals surface area contributed by atoms with Gasteiger partial charge in [-0.1, -0.05) is 50.2 Å². The van der Waals surface area contributed by atoms with Crippen LogP contribution in [0.3, 0.4) is 0 Å². The summed E-state index contributed by atoms with van der Waals surface area (Å²) in [4.78, 5) is 28.1. The smallest absolute Gasteiger partial charge is 0.311 e. The van der Waals surface area contributed by atoms with Crippen molar-refractivity contribution in [2.24, 2.45) is 0 Å². The van der Waals surface area contributed by atoms with Gasteiger partial charge in [0.2, 0.25) is 0 Å². The van der Waals surface area contributed by atoms with Crippen LogP contribution in [0.15, 0.2) is 48.7 Å². The summed E-state index contributed by atoms with van der Waals surface area (Å²) in [6.45, 7) is 7.70. The molecule has 1 heterocycles. The van der Waals surface area contributed by atoms with Crippen molar-refractivity contribution in [2.75, 3.05) is 5.32 Å². The Hall–Kier alpha value is -3.08. The van der Waals surface area contributed by atoms with E-state index < -0.39 is 12.1 Å². The van der Waals surface area contributed by atoms with Crippen LogP contribution in [-0.2, 0) is 20.7 Å². The molecule has 0 aliphatic carbocycles. The summed E-state index contributed by atoms with van der Waals surface area (Å²) in [5.41, 5.74) is 4.66. The van der Waals surface area contributed by atoms with Gasteiger partial charge in [-0.2, -0.15) is 0 Å². The van der Waals surface area contributed by atoms with E-state index in [1.54, 1.807) is 13.1 Å². The third-order valence-corrected chi connectivity index (χ3v) is 4.86. The number of nitrogens with one attached hydrogen (secondary N) is 2. The van der Waals surface area contributed by atoms with Crippen molar-refractivity contribution in [3.8, 4) is 0 Å². The van der Waals surface area contributed by atoms with Gasteiger partial charge < -0.3 is 15.0 Å². The number of aryl methyl sites for hydroxylation is 1. The fraction of sp³-hybridized carbons (Fsp3) is 0.304. The normalized spacial score (nSPS) is 12.2. The van der Waals surface area contributed by atoms with Crippen LogP contribution in [-0.4, -0.2) is 23.0 Å². The van der Waals surface area contributed by atoms with Gasteiger partial charge in [-0.25, -0.2) is 0 Å². The van der Waals surface area contributed by atoms with Gasteiger partial charge >= 0.3 is 5.97 Å². The summed E-state index contributed by atoms with van der Waals surface area (Å²) < 4.78 is 5.38. The third-order valence-electron chi connectivity index (χ3n) is 4.86. The van der Waals surface area contributed by atoms with Crippen LogP contribution in [0.1, 0.15) is 43.4 Å². The molecule has 146 valence electrons. The zero-order valence-electron chi connectivity index (χ0n) is 16.7. The molecule has 3 aromatic rings. The quantitative estimate of drug-likeness (QED) is 0.610. The van der Waals surface area contributed by atoms with Gasteiger partial charge in [-0.05, 0) is 42.5 Å². The van der Waals surface area contributed by atoms with Crippen molar-refractivity contribution in [2.45, 2.75) is 46.1 Å². The van der Waals surface area contributed by atoms with Crippen LogP contribution in [0, 0.1) is 6.92 Å². The van der Waals surface area contributed by atoms with Gasteiger partial charge in [-0.15, -0.1) is 0 Å². The molecule has 0 saturated carbocycles. The lowest BCUT2D eigenvalue weighted by atomic mass is 9.98. The molecule has 0 saturated heterocycles. The van der Waals surface area contributed by atoms with Crippen molar-refractivity contribution in [3.05, 3.63) is 65.4 Å². The standard InChI is InChI=1S/C23H26N2O3/c1-14(2)18-10-7-8-15(3)22(18)25-23(27)16(4)28-21(26)12-17-13-24-20-11-6-5-9-19(17)20/h5-11,13-14,16,24H,12H2,1-4H3,(H,25,27)/t16-/m1/s1. The van der Waals surface area contributed by atoms with Gasteiger partial charge in [0.05, 0.1) is 6.42 Å². The average Bonchev–Trinajstić information content (AvgIpc) is 3.06. The van der Waals surface area contributed by atoms with E-state index in [1.165, 1.54) is 0 Å². The number of fused-ring (bicyclic) bond motifs is 1. The molecule has 1 amide bonds. The van der Waals surface area contributed by atoms with E-state index in [0.29, 0.717) is 0 Å². The summed E-state index contributed by atoms with van der Waals surface area (Å²) in [5.74, 6) is -0.486. The predicted molar refractivity (Wildman–Crippen MR) is 111 cm³/mol. The number of aromatic nitrogens is 1. The van der Waals surface area contributed by atoms with Gasteiger partial charge in [0.15, 0.2) is 6.10 Å². The van der Waals surface area contributed by atoms with Gasteiger partial charge in [0.25, 0.3) is 5.91 Å². The molecule has 2 N–H and O–H groups in total. The Morgan fingerprint density at radius 1 is 1.07 bits per heavy atom. The van der Waals surface area contributed by atoms with Crippen LogP contribution >= 0.6 is 0 Å². The Bertz CT molecular complexity index is 1000. The summed E-state index contributed by atoms with van der Waals surface area (Å²) in [6, 6.07) is 13.7. The molecule has 1 aromatic heterocycles. The zero-order valence-corrected chi connectivity index (χ0v) is 16.7. The number of anilines is 1. The molecule has 0 aliphatic heterocycles. The summed E-state index contributed by atoms with van der Waals surface area (Å²) >= 11 is 0. The number of carbonyl (C=O) groups excluding carboxylic acids is 2. The van der Waals surface area contributed by atoms with E-state index in [1.807, 2.05) is 49.4 Å². The van der Waals surface area contributed by atoms with Gasteiger partial charge in [0.1, 0.15) is 0 Å². The maximum absolute atomic E-state index is 12.6. The summed E-state index contributed by atoms with van der Waals surface area (Å²) in [5, 5.41) is 3.92. The van der Waals surface area contributed by atoms with E-state index in [-0.39, 0.29) is 18.2 Å². The largest absolute Gasteiger partial charge is 0.452 e. The SMILES string of the molecule is Cc1cccc(C(C)C)c1NC(=O)[C@@H](C)OC(=O)Cc1c[nH]c2ccccc12. The van der Waals surface area contributed by atoms with Crippen LogP contribution in [0.4, 0.5) is 5.69 Å². The fourth-order valence-electron chi connectivity index (χ4n) is 3.29. The number of amides is 1. The molecule has 3 rings (SSSR count). The Morgan fingerprint density at radius 3 is 2.57 bits per heavy atom. The molecule has 0 spiro atoms. The number of esters is 1. The molecule has 0 bridgehead atoms. The number of ether oxygens (including phenoxy) is 1. The van der Waals surface area contributed by atoms with E-state index >= 15 is 0 Å². The van der Waals surface area contributed by atoms with E-state index in [4.69, 9.17) is 4.74 Å². The second-order valence-corrected chi connectivity index (χ2v) is 7.35. The Balaban J connectivity index is 1.65. The number of rotatable bonds is 6. The molecule has 2 aromatic carbocycles. The maximum atomic E-state index is 12.6. The number of para-hydroxylation sites is 2. The van der Waals surface area contributed by atoms with E-state index in [0.717, 1.165) is 33.3 Å². The second-order valence-electron chi connectivity index (χ2n) is 7.35. The zero-order chi connectivity index (χ0) is 20.3. The van der Waals surface area contributed by atoms with Crippen molar-refractivity contribution in [3.63, 3.8) is 0 Å². The van der Waals surface area contributed by atoms with Crippen LogP contribution in [0.5, 0.6) is 0 Å². The van der Waals surface area contributed by atoms with E-state index in [2.05, 4.69) is 24.1 Å². The van der Waals surface area contributed by atoms with Crippen molar-refractivity contribution in [1.29, 1.82) is 0 Å². The van der Waals surface area contributed by atoms with Crippen molar-refractivity contribution < 1.29 is 14.3 Å². The lowest BCUT2D eigenvalue weighted by Crippen LogP contribution is -2.31. The highest BCUT2D eigenvalue weighted by Crippen LogP contribution is 2.27. The minimum absolute atomic E-state index is 0.114. The molecule has 5 nitrogen and oxygen atoms in total. The fourth-order valence-corrected chi connectivity index (χ4v) is 3.29. The minimum Gasteiger partial charge on any atom is -0.452 e. The number of hydrogen-bond acceptors (Lipinski definition) is 3. The third kappa shape index (κ3) is 4.25. The van der Waals surface area contributed by atoms with Gasteiger partial charge in [0, 0.05) is 22.8 Å². The molecule has 0 fully saturated rings. The second kappa shape index (κ2) is 8.30. The first-order valence-corrected chi connectivity index (χ1v) is 9.51. The molecule has 0 unspecified atom stereocenters. The van der Waals surface area contributed by atoms with Crippen molar-refractivity contribution in [1.82, 2.24) is 4.98 Å². The minimum atomic E-state index is -0.877. The molecule has 0 aliphatic rings. The summed E-state index contributed by atoms with van der Waals surface area (Å²) in [7, 11) is 0. The summed E-state index contributed by atoms with van der Waals surface area (Å²) in [6.07, 6.45) is 1.04. The Morgan fingerprint density at radius 2 is 1.82 bits per heavy atom. The number of aromatic amines is 1. The van der Waals surface area contributed by atoms with Gasteiger partial charge in [-0.3, -0.25) is 9.59 Å². The monoisotopic (exact) mass is 378 g/mol. The van der Waals surface area contributed by atoms with Crippen LogP contribution in [0.25, 0.3) is 10.9 Å². The number of benzene rings is 2. The predicted octanol–water partition coefficient (Wildman–Crippen LogP) is 4.71. The van der Waals surface area contributed by atoms with Crippen molar-refractivity contribution >= 4 is 28.5 Å². The Labute approximate surface area is 165 Å². The molecular formula is C23H26N2O3. The first-order valence-electron chi connectivity index (χ1n) is 9.51. The molecular weight excluding hydrogens is 352 g/mol. The first kappa shape index (κ1) is 19.7.